The monoisotopic (exact) mass is 282 g/mol. The highest BCUT2D eigenvalue weighted by atomic mass is 15.3. The molecule has 1 saturated heterocycles. The topological polar surface area (TPSA) is 15.3 Å². The average molecular weight is 282 g/mol. The van der Waals surface area contributed by atoms with Gasteiger partial charge < -0.3 is 5.32 Å². The summed E-state index contributed by atoms with van der Waals surface area (Å²) >= 11 is 0. The molecule has 1 aromatic rings. The third-order valence-corrected chi connectivity index (χ3v) is 5.34. The van der Waals surface area contributed by atoms with Crippen molar-refractivity contribution in [1.82, 2.24) is 10.2 Å². The molecule has 21 heavy (non-hydrogen) atoms. The lowest BCUT2D eigenvalue weighted by molar-refractivity contribution is 0.0265. The highest BCUT2D eigenvalue weighted by Crippen LogP contribution is 2.39. The summed E-state index contributed by atoms with van der Waals surface area (Å²) in [5.41, 5.74) is 1.44. The van der Waals surface area contributed by atoms with Crippen LogP contribution in [0.3, 0.4) is 0 Å². The van der Waals surface area contributed by atoms with E-state index in [2.05, 4.69) is 60.3 Å². The first-order valence-corrected chi connectivity index (χ1v) is 8.11. The van der Waals surface area contributed by atoms with Gasteiger partial charge in [-0.05, 0) is 32.3 Å². The van der Waals surface area contributed by atoms with Crippen LogP contribution in [0.4, 0.5) is 0 Å². The van der Waals surface area contributed by atoms with Crippen molar-refractivity contribution in [1.29, 1.82) is 0 Å². The molecule has 112 valence electrons. The zero-order valence-electron chi connectivity index (χ0n) is 13.2. The lowest BCUT2D eigenvalue weighted by atomic mass is 9.86. The van der Waals surface area contributed by atoms with Crippen LogP contribution in [0.2, 0.25) is 0 Å². The predicted molar refractivity (Wildman–Crippen MR) is 88.0 cm³/mol. The third kappa shape index (κ3) is 2.73. The Hall–Kier alpha value is -1.30. The SMILES string of the molecule is C#CC(C)(C)N1CC2(CCCC2)NCC1c1ccccc1. The fraction of sp³-hybridized carbons (Fsp3) is 0.579. The molecule has 1 aliphatic heterocycles. The fourth-order valence-corrected chi connectivity index (χ4v) is 3.95. The predicted octanol–water partition coefficient (Wildman–Crippen LogP) is 3.36. The lowest BCUT2D eigenvalue weighted by Crippen LogP contribution is -2.64. The van der Waals surface area contributed by atoms with Gasteiger partial charge in [0.05, 0.1) is 5.54 Å². The molecule has 1 N–H and O–H groups in total. The zero-order valence-corrected chi connectivity index (χ0v) is 13.2. The summed E-state index contributed by atoms with van der Waals surface area (Å²) in [5.74, 6) is 3.02. The van der Waals surface area contributed by atoms with Gasteiger partial charge in [-0.15, -0.1) is 6.42 Å². The van der Waals surface area contributed by atoms with Gasteiger partial charge in [-0.2, -0.15) is 0 Å². The first-order valence-electron chi connectivity index (χ1n) is 8.11. The van der Waals surface area contributed by atoms with Gasteiger partial charge >= 0.3 is 0 Å². The van der Waals surface area contributed by atoms with Crippen LogP contribution in [0.25, 0.3) is 0 Å². The second-order valence-corrected chi connectivity index (χ2v) is 7.13. The molecular weight excluding hydrogens is 256 g/mol. The van der Waals surface area contributed by atoms with Crippen molar-refractivity contribution in [2.24, 2.45) is 0 Å². The largest absolute Gasteiger partial charge is 0.308 e. The van der Waals surface area contributed by atoms with Crippen LogP contribution in [0.5, 0.6) is 0 Å². The van der Waals surface area contributed by atoms with Crippen LogP contribution in [-0.2, 0) is 0 Å². The van der Waals surface area contributed by atoms with E-state index in [4.69, 9.17) is 6.42 Å². The third-order valence-electron chi connectivity index (χ3n) is 5.34. The molecule has 0 aromatic heterocycles. The summed E-state index contributed by atoms with van der Waals surface area (Å²) in [6, 6.07) is 11.1. The van der Waals surface area contributed by atoms with Gasteiger partial charge in [0.25, 0.3) is 0 Å². The molecule has 1 aromatic carbocycles. The first-order chi connectivity index (χ1) is 10.1. The Balaban J connectivity index is 1.91. The van der Waals surface area contributed by atoms with Crippen molar-refractivity contribution in [2.75, 3.05) is 13.1 Å². The number of benzene rings is 1. The molecule has 1 saturated carbocycles. The molecule has 2 nitrogen and oxygen atoms in total. The van der Waals surface area contributed by atoms with Crippen LogP contribution in [0.1, 0.15) is 51.1 Å². The van der Waals surface area contributed by atoms with Gasteiger partial charge in [0.1, 0.15) is 0 Å². The highest BCUT2D eigenvalue weighted by molar-refractivity contribution is 5.24. The molecule has 2 fully saturated rings. The molecule has 0 bridgehead atoms. The Kier molecular flexibility index (Phi) is 3.82. The van der Waals surface area contributed by atoms with E-state index >= 15 is 0 Å². The molecule has 3 rings (SSSR count). The second kappa shape index (κ2) is 5.48. The molecule has 1 aliphatic carbocycles. The number of nitrogens with zero attached hydrogens (tertiary/aromatic N) is 1. The van der Waals surface area contributed by atoms with Crippen molar-refractivity contribution in [3.8, 4) is 12.3 Å². The molecule has 0 amide bonds. The molecule has 1 atom stereocenters. The van der Waals surface area contributed by atoms with Gasteiger partial charge in [-0.25, -0.2) is 0 Å². The Labute approximate surface area is 128 Å². The normalized spacial score (nSPS) is 25.9. The van der Waals surface area contributed by atoms with Crippen molar-refractivity contribution in [3.63, 3.8) is 0 Å². The molecule has 1 unspecified atom stereocenters. The van der Waals surface area contributed by atoms with Gasteiger partial charge in [-0.1, -0.05) is 49.1 Å². The number of hydrogen-bond donors (Lipinski definition) is 1. The van der Waals surface area contributed by atoms with Crippen molar-refractivity contribution >= 4 is 0 Å². The number of hydrogen-bond acceptors (Lipinski definition) is 2. The number of rotatable bonds is 2. The van der Waals surface area contributed by atoms with Crippen LogP contribution in [0, 0.1) is 12.3 Å². The van der Waals surface area contributed by atoms with E-state index in [1.807, 2.05) is 0 Å². The van der Waals surface area contributed by atoms with Crippen molar-refractivity contribution in [3.05, 3.63) is 35.9 Å². The molecule has 2 aliphatic rings. The summed E-state index contributed by atoms with van der Waals surface area (Å²) in [4.78, 5) is 2.55. The van der Waals surface area contributed by atoms with Crippen LogP contribution >= 0.6 is 0 Å². The molecule has 1 heterocycles. The summed E-state index contributed by atoms with van der Waals surface area (Å²) in [5, 5.41) is 3.86. The van der Waals surface area contributed by atoms with E-state index in [1.54, 1.807) is 0 Å². The molecule has 2 heteroatoms. The smallest absolute Gasteiger partial charge is 0.0772 e. The highest BCUT2D eigenvalue weighted by Gasteiger charge is 2.45. The van der Waals surface area contributed by atoms with Crippen LogP contribution in [0.15, 0.2) is 30.3 Å². The van der Waals surface area contributed by atoms with Crippen molar-refractivity contribution < 1.29 is 0 Å². The van der Waals surface area contributed by atoms with E-state index in [0.29, 0.717) is 11.6 Å². The summed E-state index contributed by atoms with van der Waals surface area (Å²) in [7, 11) is 0. The Morgan fingerprint density at radius 3 is 2.52 bits per heavy atom. The minimum absolute atomic E-state index is 0.210. The van der Waals surface area contributed by atoms with Gasteiger partial charge in [-0.3, -0.25) is 4.90 Å². The van der Waals surface area contributed by atoms with Crippen LogP contribution in [-0.4, -0.2) is 29.1 Å². The van der Waals surface area contributed by atoms with Gasteiger partial charge in [0, 0.05) is 24.7 Å². The summed E-state index contributed by atoms with van der Waals surface area (Å²) in [6.07, 6.45) is 11.1. The average Bonchev–Trinajstić information content (AvgIpc) is 2.96. The minimum atomic E-state index is -0.210. The number of piperazine rings is 1. The standard InChI is InChI=1S/C19H26N2/c1-4-18(2,3)21-15-19(12-8-9-13-19)20-14-17(21)16-10-6-5-7-11-16/h1,5-7,10-11,17,20H,8-9,12-15H2,2-3H3. The Morgan fingerprint density at radius 1 is 1.24 bits per heavy atom. The molecule has 1 spiro atoms. The molecular formula is C19H26N2. The van der Waals surface area contributed by atoms with Crippen molar-refractivity contribution in [2.45, 2.75) is 56.7 Å². The molecule has 0 radical (unpaired) electrons. The zero-order chi connectivity index (χ0) is 14.9. The summed E-state index contributed by atoms with van der Waals surface area (Å²) < 4.78 is 0. The van der Waals surface area contributed by atoms with E-state index in [1.165, 1.54) is 31.2 Å². The fourth-order valence-electron chi connectivity index (χ4n) is 3.95. The van der Waals surface area contributed by atoms with Gasteiger partial charge in [0.2, 0.25) is 0 Å². The Bertz CT molecular complexity index is 520. The lowest BCUT2D eigenvalue weighted by Gasteiger charge is -2.51. The summed E-state index contributed by atoms with van der Waals surface area (Å²) in [6.45, 7) is 6.41. The maximum atomic E-state index is 5.85. The number of nitrogens with one attached hydrogen (secondary N) is 1. The van der Waals surface area contributed by atoms with E-state index in [0.717, 1.165) is 13.1 Å². The minimum Gasteiger partial charge on any atom is -0.308 e. The second-order valence-electron chi connectivity index (χ2n) is 7.13. The Morgan fingerprint density at radius 2 is 1.90 bits per heavy atom. The number of terminal acetylenes is 1. The van der Waals surface area contributed by atoms with E-state index < -0.39 is 0 Å². The van der Waals surface area contributed by atoms with E-state index in [9.17, 15) is 0 Å². The maximum absolute atomic E-state index is 5.85. The van der Waals surface area contributed by atoms with Gasteiger partial charge in [0.15, 0.2) is 0 Å². The quantitative estimate of drug-likeness (QED) is 0.837. The maximum Gasteiger partial charge on any atom is 0.0772 e. The van der Waals surface area contributed by atoms with E-state index in [-0.39, 0.29) is 5.54 Å². The van der Waals surface area contributed by atoms with Crippen LogP contribution < -0.4 is 5.32 Å². The first kappa shape index (κ1) is 14.6.